The van der Waals surface area contributed by atoms with E-state index in [-0.39, 0.29) is 12.3 Å². The molecule has 6 nitrogen and oxygen atoms in total. The zero-order valence-electron chi connectivity index (χ0n) is 13.7. The van der Waals surface area contributed by atoms with Crippen molar-refractivity contribution in [1.82, 2.24) is 5.32 Å². The number of benzene rings is 1. The van der Waals surface area contributed by atoms with Gasteiger partial charge in [-0.3, -0.25) is 9.59 Å². The summed E-state index contributed by atoms with van der Waals surface area (Å²) < 4.78 is 15.2. The van der Waals surface area contributed by atoms with Crippen LogP contribution in [0, 0.1) is 0 Å². The van der Waals surface area contributed by atoms with Crippen LogP contribution < -0.4 is 14.8 Å². The quantitative estimate of drug-likeness (QED) is 0.778. The number of esters is 1. The highest BCUT2D eigenvalue weighted by atomic mass is 32.1. The lowest BCUT2D eigenvalue weighted by Gasteiger charge is -2.19. The van der Waals surface area contributed by atoms with Crippen LogP contribution in [-0.2, 0) is 9.53 Å². The number of hydrogen-bond donors (Lipinski definition) is 1. The number of ether oxygens (including phenoxy) is 3. The van der Waals surface area contributed by atoms with Crippen LogP contribution in [0.25, 0.3) is 0 Å². The summed E-state index contributed by atoms with van der Waals surface area (Å²) in [5.41, 5.74) is 0.725. The minimum Gasteiger partial charge on any atom is -0.493 e. The minimum atomic E-state index is -0.535. The standard InChI is InChI=1S/C17H19NO5S/c1-21-13-7-6-11(9-14(13)22-2)12(10-16(19)23-3)18-17(20)15-5-4-8-24-15/h4-9,12H,10H2,1-3H3,(H,18,20)/t12-/m0/s1. The molecular formula is C17H19NO5S. The molecule has 7 heteroatoms. The van der Waals surface area contributed by atoms with Gasteiger partial charge in [-0.15, -0.1) is 11.3 Å². The van der Waals surface area contributed by atoms with Gasteiger partial charge in [-0.1, -0.05) is 12.1 Å². The molecule has 1 aromatic carbocycles. The van der Waals surface area contributed by atoms with Crippen molar-refractivity contribution in [3.05, 3.63) is 46.2 Å². The van der Waals surface area contributed by atoms with E-state index in [9.17, 15) is 9.59 Å². The third-order valence-electron chi connectivity index (χ3n) is 3.46. The SMILES string of the molecule is COC(=O)C[C@H](NC(=O)c1cccs1)c1ccc(OC)c(OC)c1. The summed E-state index contributed by atoms with van der Waals surface area (Å²) in [4.78, 5) is 24.6. The Bertz CT molecular complexity index is 699. The lowest BCUT2D eigenvalue weighted by atomic mass is 10.0. The lowest BCUT2D eigenvalue weighted by Crippen LogP contribution is -2.30. The molecule has 2 rings (SSSR count). The van der Waals surface area contributed by atoms with Gasteiger partial charge in [0.2, 0.25) is 0 Å². The highest BCUT2D eigenvalue weighted by Gasteiger charge is 2.21. The fourth-order valence-electron chi connectivity index (χ4n) is 2.21. The monoisotopic (exact) mass is 349 g/mol. The van der Waals surface area contributed by atoms with Crippen molar-refractivity contribution >= 4 is 23.2 Å². The normalized spacial score (nSPS) is 11.5. The molecule has 1 heterocycles. The average Bonchev–Trinajstić information content (AvgIpc) is 3.15. The second kappa shape index (κ2) is 8.35. The molecule has 0 saturated heterocycles. The van der Waals surface area contributed by atoms with Crippen LogP contribution in [0.15, 0.2) is 35.7 Å². The van der Waals surface area contributed by atoms with E-state index in [4.69, 9.17) is 14.2 Å². The van der Waals surface area contributed by atoms with Crippen molar-refractivity contribution in [1.29, 1.82) is 0 Å². The van der Waals surface area contributed by atoms with Gasteiger partial charge >= 0.3 is 5.97 Å². The second-order valence-corrected chi connectivity index (χ2v) is 5.85. The molecule has 1 aromatic heterocycles. The van der Waals surface area contributed by atoms with E-state index in [0.717, 1.165) is 5.56 Å². The molecule has 0 aliphatic carbocycles. The largest absolute Gasteiger partial charge is 0.493 e. The summed E-state index contributed by atoms with van der Waals surface area (Å²) >= 11 is 1.33. The van der Waals surface area contributed by atoms with Crippen molar-refractivity contribution in [2.75, 3.05) is 21.3 Å². The summed E-state index contributed by atoms with van der Waals surface area (Å²) in [7, 11) is 4.39. The first-order chi connectivity index (χ1) is 11.6. The van der Waals surface area contributed by atoms with Crippen LogP contribution in [0.4, 0.5) is 0 Å². The molecule has 0 spiro atoms. The zero-order valence-corrected chi connectivity index (χ0v) is 14.5. The van der Waals surface area contributed by atoms with Gasteiger partial charge in [-0.2, -0.15) is 0 Å². The molecule has 1 amide bonds. The fraction of sp³-hybridized carbons (Fsp3) is 0.294. The number of nitrogens with one attached hydrogen (secondary N) is 1. The maximum atomic E-state index is 12.3. The fourth-order valence-corrected chi connectivity index (χ4v) is 2.84. The van der Waals surface area contributed by atoms with E-state index in [1.54, 1.807) is 37.4 Å². The number of carbonyl (C=O) groups excluding carboxylic acids is 2. The lowest BCUT2D eigenvalue weighted by molar-refractivity contribution is -0.141. The molecule has 0 bridgehead atoms. The molecular weight excluding hydrogens is 330 g/mol. The molecule has 0 saturated carbocycles. The Hall–Kier alpha value is -2.54. The third kappa shape index (κ3) is 4.26. The first-order valence-electron chi connectivity index (χ1n) is 7.22. The first-order valence-corrected chi connectivity index (χ1v) is 8.10. The summed E-state index contributed by atoms with van der Waals surface area (Å²) in [6.45, 7) is 0. The van der Waals surface area contributed by atoms with E-state index in [2.05, 4.69) is 5.32 Å². The molecule has 0 radical (unpaired) electrons. The molecule has 128 valence electrons. The number of methoxy groups -OCH3 is 3. The molecule has 0 aliphatic rings. The zero-order chi connectivity index (χ0) is 17.5. The molecule has 1 N–H and O–H groups in total. The average molecular weight is 349 g/mol. The van der Waals surface area contributed by atoms with Crippen molar-refractivity contribution < 1.29 is 23.8 Å². The van der Waals surface area contributed by atoms with Gasteiger partial charge < -0.3 is 19.5 Å². The van der Waals surface area contributed by atoms with Gasteiger partial charge in [0.15, 0.2) is 11.5 Å². The summed E-state index contributed by atoms with van der Waals surface area (Å²) in [5, 5.41) is 4.68. The topological polar surface area (TPSA) is 73.9 Å². The summed E-state index contributed by atoms with van der Waals surface area (Å²) in [6, 6.07) is 8.24. The van der Waals surface area contributed by atoms with Crippen LogP contribution in [-0.4, -0.2) is 33.2 Å². The number of carbonyl (C=O) groups is 2. The van der Waals surface area contributed by atoms with Gasteiger partial charge in [-0.25, -0.2) is 0 Å². The maximum Gasteiger partial charge on any atom is 0.307 e. The Labute approximate surface area is 144 Å². The Balaban J connectivity index is 2.28. The predicted molar refractivity (Wildman–Crippen MR) is 90.7 cm³/mol. The van der Waals surface area contributed by atoms with Crippen molar-refractivity contribution in [2.24, 2.45) is 0 Å². The van der Waals surface area contributed by atoms with E-state index in [0.29, 0.717) is 16.4 Å². The van der Waals surface area contributed by atoms with Crippen LogP contribution in [0.3, 0.4) is 0 Å². The van der Waals surface area contributed by atoms with Crippen LogP contribution in [0.5, 0.6) is 11.5 Å². The van der Waals surface area contributed by atoms with Crippen LogP contribution in [0.1, 0.15) is 27.7 Å². The third-order valence-corrected chi connectivity index (χ3v) is 4.33. The van der Waals surface area contributed by atoms with Crippen LogP contribution in [0.2, 0.25) is 0 Å². The van der Waals surface area contributed by atoms with Crippen molar-refractivity contribution in [3.63, 3.8) is 0 Å². The van der Waals surface area contributed by atoms with Gasteiger partial charge in [0.25, 0.3) is 5.91 Å². The number of amides is 1. The molecule has 24 heavy (non-hydrogen) atoms. The molecule has 0 fully saturated rings. The van der Waals surface area contributed by atoms with Crippen LogP contribution >= 0.6 is 11.3 Å². The van der Waals surface area contributed by atoms with Gasteiger partial charge in [0.05, 0.1) is 38.7 Å². The maximum absolute atomic E-state index is 12.3. The molecule has 0 aliphatic heterocycles. The highest BCUT2D eigenvalue weighted by Crippen LogP contribution is 2.31. The van der Waals surface area contributed by atoms with E-state index < -0.39 is 12.0 Å². The molecule has 1 atom stereocenters. The van der Waals surface area contributed by atoms with Crippen molar-refractivity contribution in [2.45, 2.75) is 12.5 Å². The Morgan fingerprint density at radius 2 is 1.88 bits per heavy atom. The van der Waals surface area contributed by atoms with Gasteiger partial charge in [0, 0.05) is 0 Å². The van der Waals surface area contributed by atoms with Gasteiger partial charge in [0.1, 0.15) is 0 Å². The summed E-state index contributed by atoms with van der Waals surface area (Å²) in [6.07, 6.45) is 0.0170. The highest BCUT2D eigenvalue weighted by molar-refractivity contribution is 7.12. The Morgan fingerprint density at radius 3 is 2.46 bits per heavy atom. The molecule has 2 aromatic rings. The van der Waals surface area contributed by atoms with Gasteiger partial charge in [-0.05, 0) is 29.1 Å². The Morgan fingerprint density at radius 1 is 1.12 bits per heavy atom. The minimum absolute atomic E-state index is 0.0170. The summed E-state index contributed by atoms with van der Waals surface area (Å²) in [5.74, 6) is 0.438. The number of hydrogen-bond acceptors (Lipinski definition) is 6. The van der Waals surface area contributed by atoms with E-state index >= 15 is 0 Å². The van der Waals surface area contributed by atoms with E-state index in [1.807, 2.05) is 5.38 Å². The first kappa shape index (κ1) is 17.8. The predicted octanol–water partition coefficient (Wildman–Crippen LogP) is 2.80. The van der Waals surface area contributed by atoms with E-state index in [1.165, 1.54) is 25.6 Å². The van der Waals surface area contributed by atoms with Crippen molar-refractivity contribution in [3.8, 4) is 11.5 Å². The number of thiophene rings is 1. The number of rotatable bonds is 7. The smallest absolute Gasteiger partial charge is 0.307 e. The Kier molecular flexibility index (Phi) is 6.20. The second-order valence-electron chi connectivity index (χ2n) is 4.90. The molecule has 0 unspecified atom stereocenters.